The second-order valence-electron chi connectivity index (χ2n) is 5.32. The molecule has 24 heavy (non-hydrogen) atoms. The van der Waals surface area contributed by atoms with Crippen molar-refractivity contribution >= 4 is 23.5 Å². The van der Waals surface area contributed by atoms with Crippen LogP contribution in [0.2, 0.25) is 5.02 Å². The van der Waals surface area contributed by atoms with Gasteiger partial charge in [-0.25, -0.2) is 4.79 Å². The van der Waals surface area contributed by atoms with E-state index in [0.29, 0.717) is 18.0 Å². The van der Waals surface area contributed by atoms with E-state index in [2.05, 4.69) is 5.32 Å². The number of benzene rings is 2. The van der Waals surface area contributed by atoms with E-state index >= 15 is 0 Å². The van der Waals surface area contributed by atoms with E-state index in [9.17, 15) is 14.7 Å². The molecule has 0 unspecified atom stereocenters. The number of hydrogen-bond donors (Lipinski definition) is 2. The van der Waals surface area contributed by atoms with Gasteiger partial charge in [-0.2, -0.15) is 0 Å². The molecule has 6 heteroatoms. The van der Waals surface area contributed by atoms with Gasteiger partial charge in [-0.05, 0) is 43.2 Å². The van der Waals surface area contributed by atoms with Crippen LogP contribution in [0.15, 0.2) is 42.5 Å². The molecule has 0 aliphatic carbocycles. The molecule has 0 fully saturated rings. The van der Waals surface area contributed by atoms with Crippen LogP contribution >= 0.6 is 11.6 Å². The van der Waals surface area contributed by atoms with E-state index in [-0.39, 0.29) is 11.3 Å². The second-order valence-corrected chi connectivity index (χ2v) is 5.76. The number of amides is 1. The fourth-order valence-electron chi connectivity index (χ4n) is 2.07. The zero-order valence-electron chi connectivity index (χ0n) is 13.2. The Morgan fingerprint density at radius 1 is 1.17 bits per heavy atom. The third-order valence-electron chi connectivity index (χ3n) is 3.36. The molecular weight excluding hydrogens is 330 g/mol. The number of esters is 1. The Labute approximate surface area is 145 Å². The molecule has 1 amide bonds. The first-order valence-corrected chi connectivity index (χ1v) is 7.81. The maximum atomic E-state index is 11.9. The molecule has 0 heterocycles. The molecular formula is C18H18ClNO4. The predicted molar refractivity (Wildman–Crippen MR) is 91.3 cm³/mol. The van der Waals surface area contributed by atoms with Gasteiger partial charge in [0.05, 0.1) is 0 Å². The van der Waals surface area contributed by atoms with Gasteiger partial charge < -0.3 is 15.2 Å². The summed E-state index contributed by atoms with van der Waals surface area (Å²) < 4.78 is 4.92. The maximum Gasteiger partial charge on any atom is 0.342 e. The highest BCUT2D eigenvalue weighted by atomic mass is 35.5. The summed E-state index contributed by atoms with van der Waals surface area (Å²) in [5.74, 6) is -1.30. The summed E-state index contributed by atoms with van der Waals surface area (Å²) in [5, 5.41) is 13.0. The Balaban J connectivity index is 1.75. The van der Waals surface area contributed by atoms with E-state index < -0.39 is 18.5 Å². The average molecular weight is 348 g/mol. The number of halogens is 1. The van der Waals surface area contributed by atoms with Crippen molar-refractivity contribution < 1.29 is 19.4 Å². The number of aromatic hydroxyl groups is 1. The first-order valence-electron chi connectivity index (χ1n) is 7.43. The van der Waals surface area contributed by atoms with Crippen molar-refractivity contribution in [2.75, 3.05) is 13.2 Å². The molecule has 0 bridgehead atoms. The molecule has 0 aliphatic heterocycles. The zero-order chi connectivity index (χ0) is 17.5. The molecule has 2 aromatic carbocycles. The third-order valence-corrected chi connectivity index (χ3v) is 3.61. The number of aryl methyl sites for hydroxylation is 1. The summed E-state index contributed by atoms with van der Waals surface area (Å²) in [7, 11) is 0. The number of carbonyl (C=O) groups is 2. The molecule has 5 nitrogen and oxygen atoms in total. The number of hydrogen-bond acceptors (Lipinski definition) is 4. The van der Waals surface area contributed by atoms with Crippen LogP contribution in [0.3, 0.4) is 0 Å². The number of phenols is 1. The molecule has 0 aromatic heterocycles. The average Bonchev–Trinajstić information content (AvgIpc) is 2.56. The summed E-state index contributed by atoms with van der Waals surface area (Å²) in [4.78, 5) is 23.6. The van der Waals surface area contributed by atoms with Gasteiger partial charge in [-0.1, -0.05) is 35.4 Å². The summed E-state index contributed by atoms with van der Waals surface area (Å²) in [6.45, 7) is 1.82. The molecule has 0 saturated carbocycles. The largest absolute Gasteiger partial charge is 0.507 e. The van der Waals surface area contributed by atoms with E-state index in [1.54, 1.807) is 25.1 Å². The molecule has 0 atom stereocenters. The molecule has 2 rings (SSSR count). The lowest BCUT2D eigenvalue weighted by Crippen LogP contribution is -2.30. The SMILES string of the molecule is Cc1ccc(O)c(C(=O)OCC(=O)NCCc2ccc(Cl)cc2)c1. The Bertz CT molecular complexity index is 728. The fraction of sp³-hybridized carbons (Fsp3) is 0.222. The number of carbonyl (C=O) groups excluding carboxylic acids is 2. The lowest BCUT2D eigenvalue weighted by Gasteiger charge is -2.08. The van der Waals surface area contributed by atoms with Crippen molar-refractivity contribution in [1.82, 2.24) is 5.32 Å². The van der Waals surface area contributed by atoms with Gasteiger partial charge in [0, 0.05) is 11.6 Å². The van der Waals surface area contributed by atoms with Crippen molar-refractivity contribution in [1.29, 1.82) is 0 Å². The Kier molecular flexibility index (Phi) is 6.21. The predicted octanol–water partition coefficient (Wildman–Crippen LogP) is 2.87. The first-order chi connectivity index (χ1) is 11.5. The van der Waals surface area contributed by atoms with Crippen molar-refractivity contribution in [3.63, 3.8) is 0 Å². The number of rotatable bonds is 6. The van der Waals surface area contributed by atoms with Gasteiger partial charge in [0.1, 0.15) is 11.3 Å². The highest BCUT2D eigenvalue weighted by Crippen LogP contribution is 2.19. The van der Waals surface area contributed by atoms with Crippen LogP contribution in [0.5, 0.6) is 5.75 Å². The number of phenolic OH excluding ortho intramolecular Hbond substituents is 1. The van der Waals surface area contributed by atoms with Crippen LogP contribution in [-0.4, -0.2) is 30.1 Å². The van der Waals surface area contributed by atoms with Crippen LogP contribution < -0.4 is 5.32 Å². The summed E-state index contributed by atoms with van der Waals surface area (Å²) in [6.07, 6.45) is 0.648. The van der Waals surface area contributed by atoms with Crippen LogP contribution in [-0.2, 0) is 16.0 Å². The minimum absolute atomic E-state index is 0.0453. The lowest BCUT2D eigenvalue weighted by molar-refractivity contribution is -0.124. The zero-order valence-corrected chi connectivity index (χ0v) is 14.0. The molecule has 2 N–H and O–H groups in total. The van der Waals surface area contributed by atoms with Gasteiger partial charge in [0.15, 0.2) is 6.61 Å². The van der Waals surface area contributed by atoms with Crippen LogP contribution in [0, 0.1) is 6.92 Å². The van der Waals surface area contributed by atoms with Crippen LogP contribution in [0.25, 0.3) is 0 Å². The van der Waals surface area contributed by atoms with E-state index in [0.717, 1.165) is 11.1 Å². The van der Waals surface area contributed by atoms with Crippen molar-refractivity contribution in [3.05, 3.63) is 64.2 Å². The minimum Gasteiger partial charge on any atom is -0.507 e. The van der Waals surface area contributed by atoms with Crippen molar-refractivity contribution in [2.45, 2.75) is 13.3 Å². The smallest absolute Gasteiger partial charge is 0.342 e. The quantitative estimate of drug-likeness (QED) is 0.788. The van der Waals surface area contributed by atoms with Gasteiger partial charge in [0.2, 0.25) is 0 Å². The molecule has 0 saturated heterocycles. The minimum atomic E-state index is -0.732. The lowest BCUT2D eigenvalue weighted by atomic mass is 10.1. The standard InChI is InChI=1S/C18H18ClNO4/c1-12-2-7-16(21)15(10-12)18(23)24-11-17(22)20-9-8-13-3-5-14(19)6-4-13/h2-7,10,21H,8-9,11H2,1H3,(H,20,22). The van der Waals surface area contributed by atoms with E-state index in [1.165, 1.54) is 12.1 Å². The van der Waals surface area contributed by atoms with Gasteiger partial charge in [0.25, 0.3) is 5.91 Å². The number of nitrogens with one attached hydrogen (secondary N) is 1. The summed E-state index contributed by atoms with van der Waals surface area (Å²) >= 11 is 5.80. The second kappa shape index (κ2) is 8.36. The Morgan fingerprint density at radius 3 is 2.58 bits per heavy atom. The molecule has 0 radical (unpaired) electrons. The van der Waals surface area contributed by atoms with Crippen LogP contribution in [0.4, 0.5) is 0 Å². The van der Waals surface area contributed by atoms with Gasteiger partial charge in [-0.3, -0.25) is 4.79 Å². The van der Waals surface area contributed by atoms with E-state index in [1.807, 2.05) is 12.1 Å². The van der Waals surface area contributed by atoms with Crippen LogP contribution in [0.1, 0.15) is 21.5 Å². The Morgan fingerprint density at radius 2 is 1.88 bits per heavy atom. The first kappa shape index (κ1) is 17.8. The van der Waals surface area contributed by atoms with E-state index in [4.69, 9.17) is 16.3 Å². The highest BCUT2D eigenvalue weighted by molar-refractivity contribution is 6.30. The summed E-state index contributed by atoms with van der Waals surface area (Å²) in [6, 6.07) is 11.9. The maximum absolute atomic E-state index is 11.9. The molecule has 2 aromatic rings. The fourth-order valence-corrected chi connectivity index (χ4v) is 2.20. The molecule has 0 aliphatic rings. The van der Waals surface area contributed by atoms with Crippen molar-refractivity contribution in [3.8, 4) is 5.75 Å². The normalized spacial score (nSPS) is 10.2. The van der Waals surface area contributed by atoms with Gasteiger partial charge >= 0.3 is 5.97 Å². The topological polar surface area (TPSA) is 75.6 Å². The number of ether oxygens (including phenoxy) is 1. The molecule has 0 spiro atoms. The third kappa shape index (κ3) is 5.28. The van der Waals surface area contributed by atoms with Gasteiger partial charge in [-0.15, -0.1) is 0 Å². The van der Waals surface area contributed by atoms with Crippen molar-refractivity contribution in [2.24, 2.45) is 0 Å². The molecule has 126 valence electrons. The summed E-state index contributed by atoms with van der Waals surface area (Å²) in [5.41, 5.74) is 1.90. The monoisotopic (exact) mass is 347 g/mol. The Hall–Kier alpha value is -2.53. The highest BCUT2D eigenvalue weighted by Gasteiger charge is 2.14.